The van der Waals surface area contributed by atoms with Crippen molar-refractivity contribution in [2.45, 2.75) is 25.2 Å². The Kier molecular flexibility index (Phi) is 3.26. The smallest absolute Gasteiger partial charge is 0.263 e. The molecular weight excluding hydrogens is 198 g/mol. The predicted molar refractivity (Wildman–Crippen MR) is 56.1 cm³/mol. The van der Waals surface area contributed by atoms with Gasteiger partial charge in [-0.1, -0.05) is 0 Å². The van der Waals surface area contributed by atoms with Gasteiger partial charge in [0.15, 0.2) is 0 Å². The molecule has 2 heterocycles. The SMILES string of the molecule is CN1CCC(C2CCNCC2(F)F)CC1. The van der Waals surface area contributed by atoms with Gasteiger partial charge in [-0.2, -0.15) is 0 Å². The monoisotopic (exact) mass is 218 g/mol. The number of nitrogens with one attached hydrogen (secondary N) is 1. The molecule has 88 valence electrons. The number of halogens is 2. The Morgan fingerprint density at radius 1 is 1.20 bits per heavy atom. The Balaban J connectivity index is 1.96. The molecule has 2 aliphatic heterocycles. The van der Waals surface area contributed by atoms with E-state index in [1.807, 2.05) is 0 Å². The van der Waals surface area contributed by atoms with E-state index in [0.29, 0.717) is 6.42 Å². The van der Waals surface area contributed by atoms with E-state index < -0.39 is 5.92 Å². The summed E-state index contributed by atoms with van der Waals surface area (Å²) in [6.45, 7) is 2.59. The summed E-state index contributed by atoms with van der Waals surface area (Å²) in [5, 5.41) is 2.79. The Hall–Kier alpha value is -0.220. The van der Waals surface area contributed by atoms with Crippen molar-refractivity contribution in [1.29, 1.82) is 0 Å². The summed E-state index contributed by atoms with van der Waals surface area (Å²) in [5.74, 6) is -2.63. The van der Waals surface area contributed by atoms with Crippen molar-refractivity contribution in [3.8, 4) is 0 Å². The quantitative estimate of drug-likeness (QED) is 0.718. The van der Waals surface area contributed by atoms with Crippen LogP contribution in [0, 0.1) is 11.8 Å². The highest BCUT2D eigenvalue weighted by molar-refractivity contribution is 4.90. The van der Waals surface area contributed by atoms with Crippen molar-refractivity contribution in [3.63, 3.8) is 0 Å². The van der Waals surface area contributed by atoms with Crippen LogP contribution in [0.5, 0.6) is 0 Å². The molecule has 2 rings (SSSR count). The van der Waals surface area contributed by atoms with Gasteiger partial charge in [0.25, 0.3) is 5.92 Å². The summed E-state index contributed by atoms with van der Waals surface area (Å²) in [6.07, 6.45) is 2.52. The summed E-state index contributed by atoms with van der Waals surface area (Å²) in [4.78, 5) is 2.23. The number of alkyl halides is 2. The molecule has 0 aromatic rings. The van der Waals surface area contributed by atoms with E-state index in [9.17, 15) is 8.78 Å². The Bertz CT molecular complexity index is 213. The molecule has 2 nitrogen and oxygen atoms in total. The van der Waals surface area contributed by atoms with Crippen LogP contribution in [0.3, 0.4) is 0 Å². The zero-order valence-electron chi connectivity index (χ0n) is 9.31. The highest BCUT2D eigenvalue weighted by Crippen LogP contribution is 2.39. The van der Waals surface area contributed by atoms with Crippen LogP contribution in [0.4, 0.5) is 8.78 Å². The molecule has 2 saturated heterocycles. The van der Waals surface area contributed by atoms with Crippen molar-refractivity contribution < 1.29 is 8.78 Å². The van der Waals surface area contributed by atoms with Crippen LogP contribution in [-0.4, -0.2) is 44.0 Å². The second-order valence-corrected chi connectivity index (χ2v) is 4.97. The van der Waals surface area contributed by atoms with Gasteiger partial charge in [-0.25, -0.2) is 8.78 Å². The fraction of sp³-hybridized carbons (Fsp3) is 1.00. The van der Waals surface area contributed by atoms with Crippen LogP contribution >= 0.6 is 0 Å². The van der Waals surface area contributed by atoms with E-state index in [2.05, 4.69) is 17.3 Å². The van der Waals surface area contributed by atoms with E-state index in [4.69, 9.17) is 0 Å². The van der Waals surface area contributed by atoms with Crippen LogP contribution in [0.2, 0.25) is 0 Å². The van der Waals surface area contributed by atoms with E-state index in [-0.39, 0.29) is 18.4 Å². The lowest BCUT2D eigenvalue weighted by molar-refractivity contribution is -0.102. The summed E-state index contributed by atoms with van der Waals surface area (Å²) < 4.78 is 27.3. The molecule has 0 spiro atoms. The molecule has 4 heteroatoms. The predicted octanol–water partition coefficient (Wildman–Crippen LogP) is 1.57. The fourth-order valence-corrected chi connectivity index (χ4v) is 2.87. The van der Waals surface area contributed by atoms with Crippen molar-refractivity contribution in [2.24, 2.45) is 11.8 Å². The summed E-state index contributed by atoms with van der Waals surface area (Å²) in [7, 11) is 2.07. The van der Waals surface area contributed by atoms with Gasteiger partial charge in [0.1, 0.15) is 0 Å². The lowest BCUT2D eigenvalue weighted by Gasteiger charge is -2.40. The van der Waals surface area contributed by atoms with Crippen molar-refractivity contribution >= 4 is 0 Å². The molecule has 0 saturated carbocycles. The van der Waals surface area contributed by atoms with Crippen molar-refractivity contribution in [3.05, 3.63) is 0 Å². The van der Waals surface area contributed by atoms with Crippen LogP contribution in [0.15, 0.2) is 0 Å². The largest absolute Gasteiger partial charge is 0.311 e. The molecule has 0 bridgehead atoms. The third-order valence-corrected chi connectivity index (χ3v) is 3.87. The zero-order valence-corrected chi connectivity index (χ0v) is 9.31. The molecule has 0 aromatic heterocycles. The highest BCUT2D eigenvalue weighted by Gasteiger charge is 2.45. The first kappa shape index (κ1) is 11.3. The molecular formula is C11H20F2N2. The van der Waals surface area contributed by atoms with E-state index in [0.717, 1.165) is 32.5 Å². The van der Waals surface area contributed by atoms with Gasteiger partial charge >= 0.3 is 0 Å². The van der Waals surface area contributed by atoms with Crippen LogP contribution in [-0.2, 0) is 0 Å². The molecule has 1 unspecified atom stereocenters. The summed E-state index contributed by atoms with van der Waals surface area (Å²) in [5.41, 5.74) is 0. The molecule has 2 fully saturated rings. The first-order valence-corrected chi connectivity index (χ1v) is 5.87. The maximum Gasteiger partial charge on any atom is 0.263 e. The average Bonchev–Trinajstić information content (AvgIpc) is 2.19. The molecule has 0 radical (unpaired) electrons. The highest BCUT2D eigenvalue weighted by atomic mass is 19.3. The van der Waals surface area contributed by atoms with Gasteiger partial charge in [0.2, 0.25) is 0 Å². The average molecular weight is 218 g/mol. The first-order valence-electron chi connectivity index (χ1n) is 5.87. The first-order chi connectivity index (χ1) is 7.09. The molecule has 15 heavy (non-hydrogen) atoms. The van der Waals surface area contributed by atoms with Crippen LogP contribution in [0.1, 0.15) is 19.3 Å². The fourth-order valence-electron chi connectivity index (χ4n) is 2.87. The molecule has 1 atom stereocenters. The number of nitrogens with zero attached hydrogens (tertiary/aromatic N) is 1. The third kappa shape index (κ3) is 2.48. The second kappa shape index (κ2) is 4.34. The number of hydrogen-bond acceptors (Lipinski definition) is 2. The van der Waals surface area contributed by atoms with Crippen LogP contribution < -0.4 is 5.32 Å². The van der Waals surface area contributed by atoms with Gasteiger partial charge in [-0.05, 0) is 51.9 Å². The molecule has 0 aromatic carbocycles. The second-order valence-electron chi connectivity index (χ2n) is 4.97. The van der Waals surface area contributed by atoms with E-state index >= 15 is 0 Å². The van der Waals surface area contributed by atoms with Gasteiger partial charge < -0.3 is 10.2 Å². The van der Waals surface area contributed by atoms with Gasteiger partial charge in [-0.15, -0.1) is 0 Å². The lowest BCUT2D eigenvalue weighted by atomic mass is 9.77. The Morgan fingerprint density at radius 3 is 2.47 bits per heavy atom. The Labute approximate surface area is 90.0 Å². The van der Waals surface area contributed by atoms with E-state index in [1.165, 1.54) is 0 Å². The van der Waals surface area contributed by atoms with E-state index in [1.54, 1.807) is 0 Å². The van der Waals surface area contributed by atoms with Gasteiger partial charge in [-0.3, -0.25) is 0 Å². The van der Waals surface area contributed by atoms with Crippen LogP contribution in [0.25, 0.3) is 0 Å². The number of hydrogen-bond donors (Lipinski definition) is 1. The minimum absolute atomic E-state index is 0.121. The molecule has 0 aliphatic carbocycles. The standard InChI is InChI=1S/C11H20F2N2/c1-15-6-3-9(4-7-15)10-2-5-14-8-11(10,12)13/h9-10,14H,2-8H2,1H3. The molecule has 1 N–H and O–H groups in total. The maximum atomic E-state index is 13.7. The van der Waals surface area contributed by atoms with Gasteiger partial charge in [0, 0.05) is 5.92 Å². The lowest BCUT2D eigenvalue weighted by Crippen LogP contribution is -2.50. The normalized spacial score (nSPS) is 34.2. The summed E-state index contributed by atoms with van der Waals surface area (Å²) in [6, 6.07) is 0. The van der Waals surface area contributed by atoms with Crippen molar-refractivity contribution in [2.75, 3.05) is 33.2 Å². The van der Waals surface area contributed by atoms with Gasteiger partial charge in [0.05, 0.1) is 6.54 Å². The summed E-state index contributed by atoms with van der Waals surface area (Å²) >= 11 is 0. The maximum absolute atomic E-state index is 13.7. The van der Waals surface area contributed by atoms with Crippen molar-refractivity contribution in [1.82, 2.24) is 10.2 Å². The third-order valence-electron chi connectivity index (χ3n) is 3.87. The minimum atomic E-state index is -2.49. The molecule has 0 amide bonds. The number of piperidine rings is 2. The minimum Gasteiger partial charge on any atom is -0.311 e. The molecule has 2 aliphatic rings. The zero-order chi connectivity index (χ0) is 10.9. The Morgan fingerprint density at radius 2 is 1.87 bits per heavy atom. The number of rotatable bonds is 1. The number of likely N-dealkylation sites (tertiary alicyclic amines) is 1. The topological polar surface area (TPSA) is 15.3 Å².